The van der Waals surface area contributed by atoms with Gasteiger partial charge < -0.3 is 10.4 Å². The van der Waals surface area contributed by atoms with Gasteiger partial charge in [-0.1, -0.05) is 18.9 Å². The Morgan fingerprint density at radius 3 is 2.95 bits per heavy atom. The van der Waals surface area contributed by atoms with E-state index in [4.69, 9.17) is 0 Å². The van der Waals surface area contributed by atoms with Gasteiger partial charge in [0.25, 0.3) is 11.5 Å². The average Bonchev–Trinajstić information content (AvgIpc) is 2.51. The number of pyridine rings is 1. The Hall–Kier alpha value is -2.21. The van der Waals surface area contributed by atoms with E-state index in [9.17, 15) is 14.7 Å². The first kappa shape index (κ1) is 14.7. The molecule has 2 aromatic heterocycles. The zero-order chi connectivity index (χ0) is 15.7. The van der Waals surface area contributed by atoms with Crippen molar-refractivity contribution in [1.29, 1.82) is 0 Å². The summed E-state index contributed by atoms with van der Waals surface area (Å²) in [5, 5.41) is 12.7. The molecule has 0 spiro atoms. The number of nitrogens with one attached hydrogen (secondary N) is 1. The smallest absolute Gasteiger partial charge is 0.270 e. The fraction of sp³-hybridized carbons (Fsp3) is 0.438. The van der Waals surface area contributed by atoms with Gasteiger partial charge in [0, 0.05) is 12.4 Å². The van der Waals surface area contributed by atoms with Crippen LogP contribution in [0.3, 0.4) is 0 Å². The third-order valence-corrected chi connectivity index (χ3v) is 4.22. The van der Waals surface area contributed by atoms with Crippen LogP contribution in [0.2, 0.25) is 0 Å². The van der Waals surface area contributed by atoms with E-state index in [1.807, 2.05) is 13.0 Å². The number of aryl methyl sites for hydroxylation is 1. The summed E-state index contributed by atoms with van der Waals surface area (Å²) in [5.74, 6) is -0.473. The standard InChI is InChI=1S/C16H19N3O3/c1-10-5-4-8-19-14(10)17-9-11(16(19)22)15(21)18-12-6-2-3-7-13(12)20/h4-5,8-9,12-13,20H,2-3,6-7H2,1H3,(H,18,21). The van der Waals surface area contributed by atoms with Crippen molar-refractivity contribution in [3.8, 4) is 0 Å². The molecule has 1 fully saturated rings. The van der Waals surface area contributed by atoms with Gasteiger partial charge in [0.15, 0.2) is 0 Å². The van der Waals surface area contributed by atoms with Crippen LogP contribution in [-0.4, -0.2) is 32.5 Å². The summed E-state index contributed by atoms with van der Waals surface area (Å²) in [4.78, 5) is 29.0. The molecule has 6 heteroatoms. The third-order valence-electron chi connectivity index (χ3n) is 4.22. The first-order chi connectivity index (χ1) is 10.6. The number of aliphatic hydroxyl groups is 1. The lowest BCUT2D eigenvalue weighted by atomic mass is 9.92. The molecule has 2 atom stereocenters. The summed E-state index contributed by atoms with van der Waals surface area (Å²) in [7, 11) is 0. The molecule has 116 valence electrons. The van der Waals surface area contributed by atoms with Crippen molar-refractivity contribution in [3.05, 3.63) is 46.0 Å². The second-order valence-electron chi connectivity index (χ2n) is 5.79. The Bertz CT molecular complexity index is 769. The fourth-order valence-corrected chi connectivity index (χ4v) is 2.93. The molecule has 0 aromatic carbocycles. The number of fused-ring (bicyclic) bond motifs is 1. The largest absolute Gasteiger partial charge is 0.391 e. The van der Waals surface area contributed by atoms with Crippen LogP contribution in [0.1, 0.15) is 41.6 Å². The summed E-state index contributed by atoms with van der Waals surface area (Å²) < 4.78 is 1.38. The van der Waals surface area contributed by atoms with Crippen LogP contribution < -0.4 is 10.9 Å². The van der Waals surface area contributed by atoms with Crippen LogP contribution in [0.5, 0.6) is 0 Å². The summed E-state index contributed by atoms with van der Waals surface area (Å²) in [6, 6.07) is 3.32. The second kappa shape index (κ2) is 5.88. The van der Waals surface area contributed by atoms with Crippen molar-refractivity contribution in [2.75, 3.05) is 0 Å². The van der Waals surface area contributed by atoms with Gasteiger partial charge >= 0.3 is 0 Å². The van der Waals surface area contributed by atoms with Crippen molar-refractivity contribution in [3.63, 3.8) is 0 Å². The van der Waals surface area contributed by atoms with Gasteiger partial charge in [-0.25, -0.2) is 4.98 Å². The Morgan fingerprint density at radius 1 is 1.41 bits per heavy atom. The van der Waals surface area contributed by atoms with Gasteiger partial charge in [0.05, 0.1) is 12.1 Å². The van der Waals surface area contributed by atoms with Gasteiger partial charge in [-0.05, 0) is 31.4 Å². The number of amides is 1. The number of aliphatic hydroxyl groups excluding tert-OH is 1. The highest BCUT2D eigenvalue weighted by atomic mass is 16.3. The molecular formula is C16H19N3O3. The topological polar surface area (TPSA) is 83.7 Å². The molecule has 2 aromatic rings. The highest BCUT2D eigenvalue weighted by Gasteiger charge is 2.26. The number of hydrogen-bond donors (Lipinski definition) is 2. The van der Waals surface area contributed by atoms with Crippen LogP contribution in [0.25, 0.3) is 5.65 Å². The van der Waals surface area contributed by atoms with Gasteiger partial charge in [-0.15, -0.1) is 0 Å². The maximum Gasteiger partial charge on any atom is 0.270 e. The second-order valence-corrected chi connectivity index (χ2v) is 5.79. The quantitative estimate of drug-likeness (QED) is 0.868. The number of aromatic nitrogens is 2. The summed E-state index contributed by atoms with van der Waals surface area (Å²) in [5.41, 5.74) is 1.02. The van der Waals surface area contributed by atoms with Crippen LogP contribution in [0.15, 0.2) is 29.3 Å². The van der Waals surface area contributed by atoms with E-state index in [0.29, 0.717) is 12.1 Å². The molecule has 1 aliphatic carbocycles. The minimum absolute atomic E-state index is 0.000809. The zero-order valence-electron chi connectivity index (χ0n) is 12.5. The molecule has 2 N–H and O–H groups in total. The first-order valence-corrected chi connectivity index (χ1v) is 7.54. The number of carbonyl (C=O) groups is 1. The predicted molar refractivity (Wildman–Crippen MR) is 81.9 cm³/mol. The van der Waals surface area contributed by atoms with Crippen molar-refractivity contribution in [1.82, 2.24) is 14.7 Å². The molecule has 2 heterocycles. The van der Waals surface area contributed by atoms with E-state index < -0.39 is 17.6 Å². The highest BCUT2D eigenvalue weighted by Crippen LogP contribution is 2.18. The molecule has 22 heavy (non-hydrogen) atoms. The molecule has 0 saturated heterocycles. The molecule has 1 amide bonds. The zero-order valence-corrected chi connectivity index (χ0v) is 12.5. The molecule has 3 rings (SSSR count). The molecular weight excluding hydrogens is 282 g/mol. The monoisotopic (exact) mass is 301 g/mol. The summed E-state index contributed by atoms with van der Waals surface area (Å²) in [6.45, 7) is 1.86. The summed E-state index contributed by atoms with van der Waals surface area (Å²) in [6.07, 6.45) is 5.71. The average molecular weight is 301 g/mol. The number of rotatable bonds is 2. The highest BCUT2D eigenvalue weighted by molar-refractivity contribution is 5.94. The molecule has 0 bridgehead atoms. The normalized spacial score (nSPS) is 21.7. The van der Waals surface area contributed by atoms with Gasteiger partial charge in [-0.3, -0.25) is 14.0 Å². The lowest BCUT2D eigenvalue weighted by molar-refractivity contribution is 0.0716. The van der Waals surface area contributed by atoms with E-state index in [1.165, 1.54) is 10.6 Å². The van der Waals surface area contributed by atoms with Crippen LogP contribution in [0, 0.1) is 6.92 Å². The maximum absolute atomic E-state index is 12.4. The molecule has 1 saturated carbocycles. The molecule has 1 aliphatic rings. The molecule has 6 nitrogen and oxygen atoms in total. The Labute approximate surface area is 127 Å². The fourth-order valence-electron chi connectivity index (χ4n) is 2.93. The number of nitrogens with zero attached hydrogens (tertiary/aromatic N) is 2. The Morgan fingerprint density at radius 2 is 2.18 bits per heavy atom. The maximum atomic E-state index is 12.4. The van der Waals surface area contributed by atoms with Crippen LogP contribution in [0.4, 0.5) is 0 Å². The number of carbonyl (C=O) groups excluding carboxylic acids is 1. The number of hydrogen-bond acceptors (Lipinski definition) is 4. The van der Waals surface area contributed by atoms with Gasteiger partial charge in [0.2, 0.25) is 0 Å². The minimum atomic E-state index is -0.545. The lowest BCUT2D eigenvalue weighted by Gasteiger charge is -2.28. The van der Waals surface area contributed by atoms with Gasteiger partial charge in [0.1, 0.15) is 11.2 Å². The van der Waals surface area contributed by atoms with Crippen molar-refractivity contribution in [2.45, 2.75) is 44.8 Å². The molecule has 0 radical (unpaired) electrons. The Balaban J connectivity index is 1.91. The molecule has 2 unspecified atom stereocenters. The van der Waals surface area contributed by atoms with Crippen molar-refractivity contribution in [2.24, 2.45) is 0 Å². The lowest BCUT2D eigenvalue weighted by Crippen LogP contribution is -2.46. The van der Waals surface area contributed by atoms with E-state index in [2.05, 4.69) is 10.3 Å². The van der Waals surface area contributed by atoms with E-state index in [-0.39, 0.29) is 11.6 Å². The van der Waals surface area contributed by atoms with Crippen molar-refractivity contribution < 1.29 is 9.90 Å². The van der Waals surface area contributed by atoms with Crippen LogP contribution in [-0.2, 0) is 0 Å². The predicted octanol–water partition coefficient (Wildman–Crippen LogP) is 1.04. The molecule has 0 aliphatic heterocycles. The first-order valence-electron chi connectivity index (χ1n) is 7.54. The Kier molecular flexibility index (Phi) is 3.94. The van der Waals surface area contributed by atoms with E-state index >= 15 is 0 Å². The SMILES string of the molecule is Cc1cccn2c(=O)c(C(=O)NC3CCCCC3O)cnc12. The van der Waals surface area contributed by atoms with Gasteiger partial charge in [-0.2, -0.15) is 0 Å². The van der Waals surface area contributed by atoms with Crippen molar-refractivity contribution >= 4 is 11.6 Å². The van der Waals surface area contributed by atoms with E-state index in [0.717, 1.165) is 24.8 Å². The van der Waals surface area contributed by atoms with E-state index in [1.54, 1.807) is 12.3 Å². The third kappa shape index (κ3) is 2.62. The van der Waals surface area contributed by atoms with Crippen LogP contribution >= 0.6 is 0 Å². The summed E-state index contributed by atoms with van der Waals surface area (Å²) >= 11 is 0. The minimum Gasteiger partial charge on any atom is -0.391 e.